The van der Waals surface area contributed by atoms with Crippen molar-refractivity contribution in [1.29, 1.82) is 0 Å². The Morgan fingerprint density at radius 1 is 1.27 bits per heavy atom. The molecule has 0 bridgehead atoms. The third-order valence-electron chi connectivity index (χ3n) is 4.92. The van der Waals surface area contributed by atoms with E-state index in [1.54, 1.807) is 0 Å². The number of carbonyl (C=O) groups excluding carboxylic acids is 1. The van der Waals surface area contributed by atoms with E-state index in [-0.39, 0.29) is 29.3 Å². The quantitative estimate of drug-likeness (QED) is 0.585. The van der Waals surface area contributed by atoms with Gasteiger partial charge < -0.3 is 18.6 Å². The van der Waals surface area contributed by atoms with E-state index in [1.165, 1.54) is 0 Å². The van der Waals surface area contributed by atoms with Gasteiger partial charge in [0.25, 0.3) is 0 Å². The standard InChI is InChI=1S/C16H30O5Si/c1-15(2,3)22(6,7)21-14(11-8-9-13(17)19-11)12-10-18-16(4,5)20-12/h11-12,14H,8-10H2,1-7H3/t11-,12-,14+/m0/s1. The van der Waals surface area contributed by atoms with Gasteiger partial charge in [-0.05, 0) is 38.4 Å². The fourth-order valence-electron chi connectivity index (χ4n) is 2.56. The zero-order valence-electron chi connectivity index (χ0n) is 14.9. The van der Waals surface area contributed by atoms with Crippen LogP contribution in [0.1, 0.15) is 47.5 Å². The summed E-state index contributed by atoms with van der Waals surface area (Å²) in [4.78, 5) is 11.5. The van der Waals surface area contributed by atoms with Gasteiger partial charge in [0.1, 0.15) is 18.3 Å². The van der Waals surface area contributed by atoms with Gasteiger partial charge in [0.2, 0.25) is 0 Å². The molecule has 22 heavy (non-hydrogen) atoms. The molecule has 0 saturated carbocycles. The summed E-state index contributed by atoms with van der Waals surface area (Å²) in [5, 5.41) is 0.0862. The lowest BCUT2D eigenvalue weighted by Crippen LogP contribution is -2.52. The minimum atomic E-state index is -2.00. The monoisotopic (exact) mass is 330 g/mol. The Labute approximate surface area is 134 Å². The maximum Gasteiger partial charge on any atom is 0.306 e. The van der Waals surface area contributed by atoms with Crippen molar-refractivity contribution >= 4 is 14.3 Å². The van der Waals surface area contributed by atoms with Crippen LogP contribution in [0, 0.1) is 0 Å². The number of esters is 1. The van der Waals surface area contributed by atoms with E-state index in [0.29, 0.717) is 19.4 Å². The highest BCUT2D eigenvalue weighted by Crippen LogP contribution is 2.40. The van der Waals surface area contributed by atoms with E-state index < -0.39 is 14.1 Å². The predicted molar refractivity (Wildman–Crippen MR) is 86.1 cm³/mol. The molecule has 0 spiro atoms. The first kappa shape index (κ1) is 17.9. The first-order valence-electron chi connectivity index (χ1n) is 8.10. The molecule has 5 nitrogen and oxygen atoms in total. The van der Waals surface area contributed by atoms with Crippen molar-refractivity contribution in [3.05, 3.63) is 0 Å². The average Bonchev–Trinajstić information content (AvgIpc) is 2.91. The Morgan fingerprint density at radius 2 is 1.91 bits per heavy atom. The molecule has 2 saturated heterocycles. The largest absolute Gasteiger partial charge is 0.460 e. The van der Waals surface area contributed by atoms with E-state index in [4.69, 9.17) is 18.6 Å². The normalized spacial score (nSPS) is 30.4. The molecular weight excluding hydrogens is 300 g/mol. The number of hydrogen-bond donors (Lipinski definition) is 0. The van der Waals surface area contributed by atoms with Gasteiger partial charge in [-0.1, -0.05) is 20.8 Å². The van der Waals surface area contributed by atoms with Gasteiger partial charge >= 0.3 is 5.97 Å². The minimum Gasteiger partial charge on any atom is -0.460 e. The third-order valence-corrected chi connectivity index (χ3v) is 9.39. The molecule has 0 amide bonds. The Bertz CT molecular complexity index is 427. The number of cyclic esters (lactones) is 1. The number of carbonyl (C=O) groups is 1. The van der Waals surface area contributed by atoms with Crippen LogP contribution < -0.4 is 0 Å². The molecule has 0 unspecified atom stereocenters. The van der Waals surface area contributed by atoms with Crippen LogP contribution in [-0.4, -0.2) is 45.0 Å². The molecule has 2 aliphatic heterocycles. The molecular formula is C16H30O5Si. The lowest BCUT2D eigenvalue weighted by atomic mass is 10.1. The van der Waals surface area contributed by atoms with Gasteiger partial charge in [0.05, 0.1) is 6.61 Å². The molecule has 2 heterocycles. The van der Waals surface area contributed by atoms with Crippen LogP contribution in [0.5, 0.6) is 0 Å². The van der Waals surface area contributed by atoms with Crippen LogP contribution in [-0.2, 0) is 23.4 Å². The SMILES string of the molecule is CC1(C)OC[C@@H]([C@H](O[Si](C)(C)C(C)(C)C)[C@@H]2CCC(=O)O2)O1. The zero-order chi connectivity index (χ0) is 16.8. The molecule has 0 aliphatic carbocycles. The predicted octanol–water partition coefficient (Wildman–Crippen LogP) is 3.23. The maximum atomic E-state index is 11.5. The van der Waals surface area contributed by atoms with Crippen LogP contribution in [0.4, 0.5) is 0 Å². The Morgan fingerprint density at radius 3 is 2.32 bits per heavy atom. The summed E-state index contributed by atoms with van der Waals surface area (Å²) in [7, 11) is -2.00. The first-order chi connectivity index (χ1) is 9.91. The molecule has 2 fully saturated rings. The van der Waals surface area contributed by atoms with Crippen molar-refractivity contribution in [2.24, 2.45) is 0 Å². The van der Waals surface area contributed by atoms with Gasteiger partial charge in [-0.2, -0.15) is 0 Å². The smallest absolute Gasteiger partial charge is 0.306 e. The number of rotatable bonds is 4. The van der Waals surface area contributed by atoms with Crippen molar-refractivity contribution in [3.8, 4) is 0 Å². The third kappa shape index (κ3) is 3.90. The van der Waals surface area contributed by atoms with E-state index in [2.05, 4.69) is 33.9 Å². The van der Waals surface area contributed by atoms with E-state index in [0.717, 1.165) is 0 Å². The second-order valence-corrected chi connectivity index (χ2v) is 13.0. The van der Waals surface area contributed by atoms with Crippen LogP contribution in [0.25, 0.3) is 0 Å². The van der Waals surface area contributed by atoms with Crippen LogP contribution in [0.3, 0.4) is 0 Å². The van der Waals surface area contributed by atoms with Crippen molar-refractivity contribution < 1.29 is 23.4 Å². The lowest BCUT2D eigenvalue weighted by Gasteiger charge is -2.41. The zero-order valence-corrected chi connectivity index (χ0v) is 15.9. The maximum absolute atomic E-state index is 11.5. The molecule has 2 aliphatic rings. The highest BCUT2D eigenvalue weighted by atomic mass is 28.4. The van der Waals surface area contributed by atoms with Crippen molar-refractivity contribution in [2.75, 3.05) is 6.61 Å². The van der Waals surface area contributed by atoms with Gasteiger partial charge in [-0.25, -0.2) is 0 Å². The second-order valence-electron chi connectivity index (χ2n) is 8.28. The summed E-state index contributed by atoms with van der Waals surface area (Å²) < 4.78 is 23.7. The van der Waals surface area contributed by atoms with Gasteiger partial charge in [-0.3, -0.25) is 4.79 Å². The highest BCUT2D eigenvalue weighted by molar-refractivity contribution is 6.74. The molecule has 0 radical (unpaired) electrons. The molecule has 128 valence electrons. The number of hydrogen-bond acceptors (Lipinski definition) is 5. The van der Waals surface area contributed by atoms with E-state index in [1.807, 2.05) is 13.8 Å². The minimum absolute atomic E-state index is 0.0862. The average molecular weight is 330 g/mol. The summed E-state index contributed by atoms with van der Waals surface area (Å²) in [6.07, 6.45) is 0.468. The molecule has 6 heteroatoms. The summed E-state index contributed by atoms with van der Waals surface area (Å²) in [5.41, 5.74) is 0. The van der Waals surface area contributed by atoms with Gasteiger partial charge in [0.15, 0.2) is 14.1 Å². The first-order valence-corrected chi connectivity index (χ1v) is 11.0. The van der Waals surface area contributed by atoms with Crippen LogP contribution in [0.15, 0.2) is 0 Å². The molecule has 2 rings (SSSR count). The second kappa shape index (κ2) is 5.89. The van der Waals surface area contributed by atoms with Crippen molar-refractivity contribution in [2.45, 2.75) is 89.7 Å². The van der Waals surface area contributed by atoms with E-state index in [9.17, 15) is 4.79 Å². The molecule has 0 N–H and O–H groups in total. The van der Waals surface area contributed by atoms with Crippen LogP contribution >= 0.6 is 0 Å². The molecule has 0 aromatic rings. The Balaban J connectivity index is 2.17. The molecule has 0 aromatic heterocycles. The Hall–Kier alpha value is -0.433. The fourth-order valence-corrected chi connectivity index (χ4v) is 3.90. The topological polar surface area (TPSA) is 54.0 Å². The Kier molecular flexibility index (Phi) is 4.80. The van der Waals surface area contributed by atoms with Gasteiger partial charge in [-0.15, -0.1) is 0 Å². The summed E-state index contributed by atoms with van der Waals surface area (Å²) in [6.45, 7) is 15.3. The van der Waals surface area contributed by atoms with E-state index >= 15 is 0 Å². The van der Waals surface area contributed by atoms with Gasteiger partial charge in [0, 0.05) is 6.42 Å². The summed E-state index contributed by atoms with van der Waals surface area (Å²) in [5.74, 6) is -0.755. The van der Waals surface area contributed by atoms with Crippen molar-refractivity contribution in [3.63, 3.8) is 0 Å². The fraction of sp³-hybridized carbons (Fsp3) is 0.938. The van der Waals surface area contributed by atoms with Crippen LogP contribution in [0.2, 0.25) is 18.1 Å². The summed E-state index contributed by atoms with van der Waals surface area (Å²) >= 11 is 0. The highest BCUT2D eigenvalue weighted by Gasteiger charge is 2.48. The molecule has 3 atom stereocenters. The number of ether oxygens (including phenoxy) is 3. The summed E-state index contributed by atoms with van der Waals surface area (Å²) in [6, 6.07) is 0. The molecule has 0 aromatic carbocycles. The van der Waals surface area contributed by atoms with Crippen molar-refractivity contribution in [1.82, 2.24) is 0 Å². The lowest BCUT2D eigenvalue weighted by molar-refractivity contribution is -0.164.